The lowest BCUT2D eigenvalue weighted by Crippen LogP contribution is -2.20. The van der Waals surface area contributed by atoms with Crippen LogP contribution in [-0.4, -0.2) is 12.5 Å². The van der Waals surface area contributed by atoms with Crippen molar-refractivity contribution in [2.75, 3.05) is 11.9 Å². The second-order valence-corrected chi connectivity index (χ2v) is 5.99. The van der Waals surface area contributed by atoms with E-state index in [1.54, 1.807) is 0 Å². The number of rotatable bonds is 4. The molecule has 0 unspecified atom stereocenters. The van der Waals surface area contributed by atoms with Crippen LogP contribution in [0.4, 0.5) is 5.69 Å². The molecule has 2 rings (SSSR count). The second kappa shape index (κ2) is 6.76. The van der Waals surface area contributed by atoms with E-state index in [4.69, 9.17) is 4.74 Å². The zero-order valence-electron chi connectivity index (χ0n) is 12.4. The van der Waals surface area contributed by atoms with E-state index in [-0.39, 0.29) is 12.5 Å². The van der Waals surface area contributed by atoms with E-state index < -0.39 is 0 Å². The molecule has 0 fully saturated rings. The molecule has 1 amide bonds. The van der Waals surface area contributed by atoms with E-state index in [9.17, 15) is 4.79 Å². The summed E-state index contributed by atoms with van der Waals surface area (Å²) in [5.74, 6) is 0.614. The van der Waals surface area contributed by atoms with Crippen LogP contribution in [0.2, 0.25) is 0 Å². The molecule has 0 saturated carbocycles. The maximum absolute atomic E-state index is 11.9. The van der Waals surface area contributed by atoms with Gasteiger partial charge in [0.2, 0.25) is 0 Å². The van der Waals surface area contributed by atoms with Crippen molar-refractivity contribution in [3.63, 3.8) is 0 Å². The van der Waals surface area contributed by atoms with Crippen molar-refractivity contribution < 1.29 is 9.53 Å². The first-order valence-corrected chi connectivity index (χ1v) is 7.51. The van der Waals surface area contributed by atoms with Crippen LogP contribution in [0, 0.1) is 20.8 Å². The summed E-state index contributed by atoms with van der Waals surface area (Å²) in [6, 6.07) is 11.5. The molecule has 3 nitrogen and oxygen atoms in total. The van der Waals surface area contributed by atoms with Gasteiger partial charge in [0.1, 0.15) is 5.75 Å². The number of anilines is 1. The van der Waals surface area contributed by atoms with Gasteiger partial charge in [-0.1, -0.05) is 33.6 Å². The third-order valence-electron chi connectivity index (χ3n) is 3.08. The highest BCUT2D eigenvalue weighted by molar-refractivity contribution is 9.10. The quantitative estimate of drug-likeness (QED) is 0.890. The number of hydrogen-bond acceptors (Lipinski definition) is 2. The summed E-state index contributed by atoms with van der Waals surface area (Å²) < 4.78 is 6.63. The Morgan fingerprint density at radius 3 is 2.24 bits per heavy atom. The molecule has 1 N–H and O–H groups in total. The number of nitrogens with one attached hydrogen (secondary N) is 1. The summed E-state index contributed by atoms with van der Waals surface area (Å²) >= 11 is 3.36. The third kappa shape index (κ3) is 4.33. The molecule has 0 radical (unpaired) electrons. The highest BCUT2D eigenvalue weighted by Crippen LogP contribution is 2.24. The number of ether oxygens (including phenoxy) is 1. The van der Waals surface area contributed by atoms with Crippen LogP contribution in [0.25, 0.3) is 0 Å². The van der Waals surface area contributed by atoms with Crippen molar-refractivity contribution in [2.24, 2.45) is 0 Å². The van der Waals surface area contributed by atoms with Crippen LogP contribution in [0.3, 0.4) is 0 Å². The summed E-state index contributed by atoms with van der Waals surface area (Å²) in [6.07, 6.45) is 0. The molecule has 2 aromatic carbocycles. The van der Waals surface area contributed by atoms with Crippen molar-refractivity contribution in [2.45, 2.75) is 20.8 Å². The molecule has 0 saturated heterocycles. The number of amides is 1. The molecule has 0 bridgehead atoms. The van der Waals surface area contributed by atoms with Gasteiger partial charge in [-0.3, -0.25) is 4.79 Å². The Hall–Kier alpha value is -1.81. The summed E-state index contributed by atoms with van der Waals surface area (Å²) in [7, 11) is 0. The lowest BCUT2D eigenvalue weighted by atomic mass is 10.1. The number of benzene rings is 2. The molecule has 21 heavy (non-hydrogen) atoms. The van der Waals surface area contributed by atoms with E-state index in [1.165, 1.54) is 5.56 Å². The minimum Gasteiger partial charge on any atom is -0.483 e. The van der Waals surface area contributed by atoms with Crippen molar-refractivity contribution in [3.8, 4) is 5.75 Å². The zero-order valence-corrected chi connectivity index (χ0v) is 14.0. The minimum atomic E-state index is -0.170. The molecule has 110 valence electrons. The van der Waals surface area contributed by atoms with Gasteiger partial charge in [0.25, 0.3) is 5.91 Å². The minimum absolute atomic E-state index is 0.000798. The van der Waals surface area contributed by atoms with Gasteiger partial charge >= 0.3 is 0 Å². The lowest BCUT2D eigenvalue weighted by Gasteiger charge is -2.13. The van der Waals surface area contributed by atoms with E-state index in [2.05, 4.69) is 33.4 Å². The van der Waals surface area contributed by atoms with Crippen LogP contribution in [0.5, 0.6) is 5.75 Å². The average Bonchev–Trinajstić information content (AvgIpc) is 2.40. The van der Waals surface area contributed by atoms with Gasteiger partial charge in [-0.2, -0.15) is 0 Å². The molecule has 0 aliphatic rings. The second-order valence-electron chi connectivity index (χ2n) is 5.07. The SMILES string of the molecule is Cc1cc(C)c(OCC(=O)Nc2ccc(Br)cc2)c(C)c1. The Morgan fingerprint density at radius 2 is 1.67 bits per heavy atom. The maximum Gasteiger partial charge on any atom is 0.262 e. The largest absolute Gasteiger partial charge is 0.483 e. The predicted molar refractivity (Wildman–Crippen MR) is 88.9 cm³/mol. The highest BCUT2D eigenvalue weighted by atomic mass is 79.9. The lowest BCUT2D eigenvalue weighted by molar-refractivity contribution is -0.118. The third-order valence-corrected chi connectivity index (χ3v) is 3.61. The van der Waals surface area contributed by atoms with Gasteiger partial charge < -0.3 is 10.1 Å². The normalized spacial score (nSPS) is 10.3. The topological polar surface area (TPSA) is 38.3 Å². The Bertz CT molecular complexity index is 627. The number of carbonyl (C=O) groups excluding carboxylic acids is 1. The molecule has 0 spiro atoms. The van der Waals surface area contributed by atoms with Crippen LogP contribution in [0.15, 0.2) is 40.9 Å². The van der Waals surface area contributed by atoms with E-state index in [1.807, 2.05) is 45.0 Å². The fraction of sp³-hybridized carbons (Fsp3) is 0.235. The van der Waals surface area contributed by atoms with Gasteiger partial charge in [-0.25, -0.2) is 0 Å². The van der Waals surface area contributed by atoms with E-state index in [0.717, 1.165) is 27.0 Å². The fourth-order valence-electron chi connectivity index (χ4n) is 2.26. The molecule has 0 aliphatic carbocycles. The highest BCUT2D eigenvalue weighted by Gasteiger charge is 2.08. The number of aryl methyl sites for hydroxylation is 3. The molecule has 4 heteroatoms. The Balaban J connectivity index is 1.97. The first-order chi connectivity index (χ1) is 9.95. The molecule has 0 aliphatic heterocycles. The van der Waals surface area contributed by atoms with Crippen molar-refractivity contribution in [3.05, 3.63) is 57.6 Å². The average molecular weight is 348 g/mol. The Labute approximate surface area is 133 Å². The van der Waals surface area contributed by atoms with Crippen molar-refractivity contribution in [1.29, 1.82) is 0 Å². The molecule has 2 aromatic rings. The van der Waals surface area contributed by atoms with E-state index in [0.29, 0.717) is 0 Å². The number of carbonyl (C=O) groups is 1. The Morgan fingerprint density at radius 1 is 1.10 bits per heavy atom. The smallest absolute Gasteiger partial charge is 0.262 e. The standard InChI is InChI=1S/C17H18BrNO2/c1-11-8-12(2)17(13(3)9-11)21-10-16(20)19-15-6-4-14(18)5-7-15/h4-9H,10H2,1-3H3,(H,19,20). The summed E-state index contributed by atoms with van der Waals surface area (Å²) in [5.41, 5.74) is 4.04. The molecule has 0 aromatic heterocycles. The predicted octanol–water partition coefficient (Wildman–Crippen LogP) is 4.39. The van der Waals surface area contributed by atoms with E-state index >= 15 is 0 Å². The monoisotopic (exact) mass is 347 g/mol. The van der Waals surface area contributed by atoms with Gasteiger partial charge in [-0.15, -0.1) is 0 Å². The van der Waals surface area contributed by atoms with Crippen LogP contribution >= 0.6 is 15.9 Å². The van der Waals surface area contributed by atoms with Crippen molar-refractivity contribution >= 4 is 27.5 Å². The first-order valence-electron chi connectivity index (χ1n) is 6.72. The molecule has 0 atom stereocenters. The first kappa shape index (κ1) is 15.6. The van der Waals surface area contributed by atoms with Crippen LogP contribution in [0.1, 0.15) is 16.7 Å². The maximum atomic E-state index is 11.9. The molecule has 0 heterocycles. The summed E-state index contributed by atoms with van der Waals surface area (Å²) in [4.78, 5) is 11.9. The van der Waals surface area contributed by atoms with Gasteiger partial charge in [0.05, 0.1) is 0 Å². The number of halogens is 1. The zero-order chi connectivity index (χ0) is 15.4. The molecular weight excluding hydrogens is 330 g/mol. The molecular formula is C17H18BrNO2. The van der Waals surface area contributed by atoms with Gasteiger partial charge in [0, 0.05) is 10.2 Å². The summed E-state index contributed by atoms with van der Waals surface area (Å²) in [6.45, 7) is 6.02. The number of hydrogen-bond donors (Lipinski definition) is 1. The van der Waals surface area contributed by atoms with Gasteiger partial charge in [0.15, 0.2) is 6.61 Å². The van der Waals surface area contributed by atoms with Crippen molar-refractivity contribution in [1.82, 2.24) is 0 Å². The van der Waals surface area contributed by atoms with Crippen LogP contribution in [-0.2, 0) is 4.79 Å². The Kier molecular flexibility index (Phi) is 5.02. The van der Waals surface area contributed by atoms with Crippen LogP contribution < -0.4 is 10.1 Å². The summed E-state index contributed by atoms with van der Waals surface area (Å²) in [5, 5.41) is 2.80. The van der Waals surface area contributed by atoms with Gasteiger partial charge in [-0.05, 0) is 56.2 Å². The fourth-order valence-corrected chi connectivity index (χ4v) is 2.53.